The highest BCUT2D eigenvalue weighted by Gasteiger charge is 2.30. The molecule has 1 aromatic carbocycles. The van der Waals surface area contributed by atoms with Gasteiger partial charge in [0.1, 0.15) is 0 Å². The highest BCUT2D eigenvalue weighted by atomic mass is 19.4. The van der Waals surface area contributed by atoms with Gasteiger partial charge in [-0.25, -0.2) is 0 Å². The maximum atomic E-state index is 12.5. The molecule has 6 heteroatoms. The lowest BCUT2D eigenvalue weighted by Crippen LogP contribution is -2.32. The SMILES string of the molecule is CCCN=C(N)NCC#Cc1cccc(C(F)(F)F)c1. The van der Waals surface area contributed by atoms with Crippen molar-refractivity contribution in [2.45, 2.75) is 19.5 Å². The van der Waals surface area contributed by atoms with Crippen molar-refractivity contribution < 1.29 is 13.2 Å². The molecule has 108 valence electrons. The summed E-state index contributed by atoms with van der Waals surface area (Å²) in [5.74, 6) is 5.63. The number of hydrogen-bond donors (Lipinski definition) is 2. The minimum atomic E-state index is -4.35. The highest BCUT2D eigenvalue weighted by molar-refractivity contribution is 5.78. The summed E-state index contributed by atoms with van der Waals surface area (Å²) < 4.78 is 37.5. The van der Waals surface area contributed by atoms with Crippen LogP contribution >= 0.6 is 0 Å². The van der Waals surface area contributed by atoms with Gasteiger partial charge < -0.3 is 11.1 Å². The van der Waals surface area contributed by atoms with Crippen LogP contribution in [0.25, 0.3) is 0 Å². The first-order chi connectivity index (χ1) is 9.43. The standard InChI is InChI=1S/C14H16F3N3/c1-2-8-19-13(18)20-9-4-6-11-5-3-7-12(10-11)14(15,16)17/h3,5,7,10H,2,8-9H2,1H3,(H3,18,19,20). The molecule has 3 nitrogen and oxygen atoms in total. The van der Waals surface area contributed by atoms with Crippen LogP contribution < -0.4 is 11.1 Å². The molecule has 0 aromatic heterocycles. The molecule has 0 saturated heterocycles. The van der Waals surface area contributed by atoms with E-state index in [9.17, 15) is 13.2 Å². The van der Waals surface area contributed by atoms with Crippen molar-refractivity contribution in [3.05, 3.63) is 35.4 Å². The van der Waals surface area contributed by atoms with Gasteiger partial charge in [-0.3, -0.25) is 4.99 Å². The molecule has 0 radical (unpaired) electrons. The summed E-state index contributed by atoms with van der Waals surface area (Å²) >= 11 is 0. The first kappa shape index (κ1) is 15.9. The number of halogens is 3. The molecule has 0 fully saturated rings. The summed E-state index contributed by atoms with van der Waals surface area (Å²) in [5, 5.41) is 2.76. The topological polar surface area (TPSA) is 50.4 Å². The first-order valence-electron chi connectivity index (χ1n) is 6.13. The Morgan fingerprint density at radius 2 is 2.15 bits per heavy atom. The maximum Gasteiger partial charge on any atom is 0.416 e. The third kappa shape index (κ3) is 5.65. The van der Waals surface area contributed by atoms with Crippen molar-refractivity contribution in [1.29, 1.82) is 0 Å². The molecule has 3 N–H and O–H groups in total. The molecule has 1 aromatic rings. The summed E-state index contributed by atoms with van der Waals surface area (Å²) in [5.41, 5.74) is 5.15. The van der Waals surface area contributed by atoms with Gasteiger partial charge in [-0.2, -0.15) is 13.2 Å². The molecule has 0 bridgehead atoms. The first-order valence-corrected chi connectivity index (χ1v) is 6.13. The number of nitrogens with two attached hydrogens (primary N) is 1. The van der Waals surface area contributed by atoms with E-state index >= 15 is 0 Å². The summed E-state index contributed by atoms with van der Waals surface area (Å²) in [6.45, 7) is 2.83. The van der Waals surface area contributed by atoms with E-state index in [0.717, 1.165) is 18.6 Å². The van der Waals surface area contributed by atoms with Crippen LogP contribution in [0.5, 0.6) is 0 Å². The zero-order chi connectivity index (χ0) is 15.0. The molecule has 0 amide bonds. The van der Waals surface area contributed by atoms with Gasteiger partial charge in [-0.1, -0.05) is 24.8 Å². The third-order valence-electron chi connectivity index (χ3n) is 2.29. The van der Waals surface area contributed by atoms with Crippen molar-refractivity contribution in [3.8, 4) is 11.8 Å². The van der Waals surface area contributed by atoms with Crippen LogP contribution in [0.2, 0.25) is 0 Å². The Bertz CT molecular complexity index is 524. The predicted octanol–water partition coefficient (Wildman–Crippen LogP) is 2.37. The van der Waals surface area contributed by atoms with Crippen LogP contribution in [0.15, 0.2) is 29.3 Å². The zero-order valence-corrected chi connectivity index (χ0v) is 11.1. The number of benzene rings is 1. The second kappa shape index (κ2) is 7.43. The summed E-state index contributed by atoms with van der Waals surface area (Å²) in [6.07, 6.45) is -3.47. The minimum Gasteiger partial charge on any atom is -0.370 e. The lowest BCUT2D eigenvalue weighted by Gasteiger charge is -2.05. The van der Waals surface area contributed by atoms with Crippen LogP contribution in [0.1, 0.15) is 24.5 Å². The van der Waals surface area contributed by atoms with Gasteiger partial charge in [0.2, 0.25) is 0 Å². The second-order valence-electron chi connectivity index (χ2n) is 4.00. The van der Waals surface area contributed by atoms with Gasteiger partial charge >= 0.3 is 6.18 Å². The van der Waals surface area contributed by atoms with Crippen molar-refractivity contribution in [2.75, 3.05) is 13.1 Å². The van der Waals surface area contributed by atoms with E-state index in [0.29, 0.717) is 12.1 Å². The Labute approximate surface area is 116 Å². The average Bonchev–Trinajstić information content (AvgIpc) is 2.41. The highest BCUT2D eigenvalue weighted by Crippen LogP contribution is 2.29. The zero-order valence-electron chi connectivity index (χ0n) is 11.1. The Kier molecular flexibility index (Phi) is 5.91. The van der Waals surface area contributed by atoms with E-state index in [1.54, 1.807) is 0 Å². The number of alkyl halides is 3. The normalized spacial score (nSPS) is 11.7. The van der Waals surface area contributed by atoms with Crippen LogP contribution in [0, 0.1) is 11.8 Å². The smallest absolute Gasteiger partial charge is 0.370 e. The average molecular weight is 283 g/mol. The number of guanidine groups is 1. The maximum absolute atomic E-state index is 12.5. The Balaban J connectivity index is 2.60. The predicted molar refractivity (Wildman–Crippen MR) is 73.1 cm³/mol. The number of aliphatic imine (C=N–C) groups is 1. The van der Waals surface area contributed by atoms with Crippen molar-refractivity contribution in [1.82, 2.24) is 5.32 Å². The lowest BCUT2D eigenvalue weighted by atomic mass is 10.1. The summed E-state index contributed by atoms with van der Waals surface area (Å²) in [6, 6.07) is 4.88. The van der Waals surface area contributed by atoms with Gasteiger partial charge in [0, 0.05) is 12.1 Å². The monoisotopic (exact) mass is 283 g/mol. The fourth-order valence-electron chi connectivity index (χ4n) is 1.34. The molecule has 1 rings (SSSR count). The van der Waals surface area contributed by atoms with Crippen LogP contribution in [0.3, 0.4) is 0 Å². The van der Waals surface area contributed by atoms with Gasteiger partial charge in [0.15, 0.2) is 5.96 Å². The molecular formula is C14H16F3N3. The third-order valence-corrected chi connectivity index (χ3v) is 2.29. The fourth-order valence-corrected chi connectivity index (χ4v) is 1.34. The van der Waals surface area contributed by atoms with Gasteiger partial charge in [-0.05, 0) is 24.6 Å². The lowest BCUT2D eigenvalue weighted by molar-refractivity contribution is -0.137. The molecule has 0 aliphatic carbocycles. The van der Waals surface area contributed by atoms with E-state index in [4.69, 9.17) is 5.73 Å². The van der Waals surface area contributed by atoms with Crippen LogP contribution in [-0.4, -0.2) is 19.0 Å². The number of rotatable bonds is 3. The Morgan fingerprint density at radius 3 is 2.80 bits per heavy atom. The quantitative estimate of drug-likeness (QED) is 0.508. The Morgan fingerprint density at radius 1 is 1.40 bits per heavy atom. The molecule has 0 aliphatic heterocycles. The molecule has 20 heavy (non-hydrogen) atoms. The van der Waals surface area contributed by atoms with E-state index in [-0.39, 0.29) is 12.5 Å². The Hall–Kier alpha value is -2.16. The number of hydrogen-bond acceptors (Lipinski definition) is 1. The van der Waals surface area contributed by atoms with E-state index in [2.05, 4.69) is 22.2 Å². The minimum absolute atomic E-state index is 0.231. The molecule has 0 atom stereocenters. The summed E-state index contributed by atoms with van der Waals surface area (Å²) in [4.78, 5) is 4.00. The van der Waals surface area contributed by atoms with E-state index in [1.807, 2.05) is 6.92 Å². The second-order valence-corrected chi connectivity index (χ2v) is 4.00. The van der Waals surface area contributed by atoms with E-state index in [1.165, 1.54) is 12.1 Å². The number of nitrogens with one attached hydrogen (secondary N) is 1. The molecule has 0 aliphatic rings. The number of nitrogens with zero attached hydrogens (tertiary/aromatic N) is 1. The van der Waals surface area contributed by atoms with Gasteiger partial charge in [0.05, 0.1) is 12.1 Å². The van der Waals surface area contributed by atoms with Crippen molar-refractivity contribution in [2.24, 2.45) is 10.7 Å². The van der Waals surface area contributed by atoms with Crippen LogP contribution in [0.4, 0.5) is 13.2 Å². The van der Waals surface area contributed by atoms with Gasteiger partial charge in [-0.15, -0.1) is 0 Å². The van der Waals surface area contributed by atoms with Gasteiger partial charge in [0.25, 0.3) is 0 Å². The molecule has 0 unspecified atom stereocenters. The molecule has 0 saturated carbocycles. The molecule has 0 heterocycles. The molecular weight excluding hydrogens is 267 g/mol. The fraction of sp³-hybridized carbons (Fsp3) is 0.357. The van der Waals surface area contributed by atoms with Crippen LogP contribution in [-0.2, 0) is 6.18 Å². The largest absolute Gasteiger partial charge is 0.416 e. The summed E-state index contributed by atoms with van der Waals surface area (Å²) in [7, 11) is 0. The van der Waals surface area contributed by atoms with E-state index < -0.39 is 11.7 Å². The van der Waals surface area contributed by atoms with Crippen molar-refractivity contribution >= 4 is 5.96 Å². The molecule has 0 spiro atoms. The van der Waals surface area contributed by atoms with Crippen molar-refractivity contribution in [3.63, 3.8) is 0 Å².